The van der Waals surface area contributed by atoms with Crippen molar-refractivity contribution in [1.82, 2.24) is 9.97 Å². The van der Waals surface area contributed by atoms with Crippen LogP contribution < -0.4 is 11.1 Å². The van der Waals surface area contributed by atoms with Crippen molar-refractivity contribution in [2.75, 3.05) is 0 Å². The number of rotatable bonds is 2. The lowest BCUT2D eigenvalue weighted by Gasteiger charge is -2.07. The number of aromatic nitrogens is 2. The standard InChI is InChI=1S/C26H8F6N6O2/c27-25(28,29)17-5-1-3-13(7-17)19-21(39-23(37-19)15(9-33)10-34)22-20(38-24(40-22)16(11-35)12-36)14-4-2-6-18(8-14)26(30,31)32/h1-8H/b22-21+. The summed E-state index contributed by atoms with van der Waals surface area (Å²) in [4.78, 5) is 7.97. The summed E-state index contributed by atoms with van der Waals surface area (Å²) in [6.07, 6.45) is -9.54. The van der Waals surface area contributed by atoms with Crippen molar-refractivity contribution in [2.24, 2.45) is 0 Å². The fourth-order valence-electron chi connectivity index (χ4n) is 3.48. The molecule has 4 rings (SSSR count). The third-order valence-corrected chi connectivity index (χ3v) is 5.26. The molecule has 0 unspecified atom stereocenters. The van der Waals surface area contributed by atoms with Crippen LogP contribution in [0.5, 0.6) is 0 Å². The molecule has 2 heterocycles. The first-order valence-electron chi connectivity index (χ1n) is 10.6. The third kappa shape index (κ3) is 5.10. The minimum atomic E-state index is -4.77. The minimum Gasteiger partial charge on any atom is -0.431 e. The van der Waals surface area contributed by atoms with Crippen molar-refractivity contribution in [2.45, 2.75) is 12.4 Å². The molecule has 0 N–H and O–H groups in total. The van der Waals surface area contributed by atoms with Gasteiger partial charge in [0.1, 0.15) is 35.7 Å². The molecule has 0 saturated carbocycles. The van der Waals surface area contributed by atoms with E-state index in [2.05, 4.69) is 9.97 Å². The first kappa shape index (κ1) is 27.2. The summed E-state index contributed by atoms with van der Waals surface area (Å²) in [7, 11) is 0. The van der Waals surface area contributed by atoms with Gasteiger partial charge in [0, 0.05) is 11.1 Å². The molecule has 0 spiro atoms. The van der Waals surface area contributed by atoms with Gasteiger partial charge < -0.3 is 8.83 Å². The topological polar surface area (TPSA) is 147 Å². The molecule has 0 aliphatic rings. The molecule has 0 amide bonds. The van der Waals surface area contributed by atoms with Gasteiger partial charge in [-0.3, -0.25) is 0 Å². The van der Waals surface area contributed by atoms with Crippen LogP contribution in [0, 0.1) is 56.2 Å². The van der Waals surface area contributed by atoms with Gasteiger partial charge in [-0.15, -0.1) is 0 Å². The van der Waals surface area contributed by atoms with E-state index in [1.165, 1.54) is 36.4 Å². The van der Waals surface area contributed by atoms with Gasteiger partial charge in [0.25, 0.3) is 0 Å². The van der Waals surface area contributed by atoms with Crippen LogP contribution in [-0.2, 0) is 12.4 Å². The van der Waals surface area contributed by atoms with Crippen molar-refractivity contribution >= 4 is 11.1 Å². The second kappa shape index (κ2) is 10.1. The van der Waals surface area contributed by atoms with E-state index in [0.717, 1.165) is 24.3 Å². The molecule has 8 nitrogen and oxygen atoms in total. The van der Waals surface area contributed by atoms with Crippen LogP contribution in [0.2, 0.25) is 0 Å². The first-order chi connectivity index (χ1) is 18.9. The lowest BCUT2D eigenvalue weighted by molar-refractivity contribution is -0.138. The number of nitrogens with zero attached hydrogens (tertiary/aromatic N) is 6. The van der Waals surface area contributed by atoms with Gasteiger partial charge in [-0.25, -0.2) is 9.97 Å². The number of hydrogen-bond donors (Lipinski definition) is 0. The van der Waals surface area contributed by atoms with Crippen molar-refractivity contribution < 1.29 is 35.2 Å². The highest BCUT2D eigenvalue weighted by Gasteiger charge is 2.32. The van der Waals surface area contributed by atoms with Crippen LogP contribution in [0.25, 0.3) is 33.7 Å². The molecule has 0 aliphatic carbocycles. The monoisotopic (exact) mass is 550 g/mol. The van der Waals surface area contributed by atoms with E-state index in [9.17, 15) is 47.4 Å². The summed E-state index contributed by atoms with van der Waals surface area (Å²) in [5.41, 5.74) is -7.11. The van der Waals surface area contributed by atoms with Crippen molar-refractivity contribution in [3.05, 3.63) is 81.6 Å². The van der Waals surface area contributed by atoms with Crippen LogP contribution >= 0.6 is 0 Å². The van der Waals surface area contributed by atoms with Crippen LogP contribution in [0.4, 0.5) is 26.3 Å². The van der Waals surface area contributed by atoms with E-state index in [1.54, 1.807) is 0 Å². The lowest BCUT2D eigenvalue weighted by Crippen LogP contribution is -2.05. The fourth-order valence-corrected chi connectivity index (χ4v) is 3.48. The molecule has 4 aromatic rings. The van der Waals surface area contributed by atoms with Gasteiger partial charge in [0.2, 0.25) is 21.9 Å². The molecule has 2 aromatic heterocycles. The summed E-state index contributed by atoms with van der Waals surface area (Å²) >= 11 is 0. The van der Waals surface area contributed by atoms with Gasteiger partial charge in [-0.1, -0.05) is 24.3 Å². The first-order valence-corrected chi connectivity index (χ1v) is 10.6. The van der Waals surface area contributed by atoms with E-state index < -0.39 is 67.9 Å². The highest BCUT2D eigenvalue weighted by atomic mass is 19.4. The maximum absolute atomic E-state index is 13.4. The Bertz CT molecular complexity index is 1870. The number of alkyl halides is 6. The van der Waals surface area contributed by atoms with Crippen molar-refractivity contribution in [3.63, 3.8) is 0 Å². The Balaban J connectivity index is 2.28. The second-order valence-corrected chi connectivity index (χ2v) is 7.75. The average Bonchev–Trinajstić information content (AvgIpc) is 3.55. The summed E-state index contributed by atoms with van der Waals surface area (Å²) in [5, 5.41) is 37.1. The summed E-state index contributed by atoms with van der Waals surface area (Å²) in [5.74, 6) is 0. The maximum atomic E-state index is 13.4. The fraction of sp³-hybridized carbons (Fsp3) is 0.0769. The normalized spacial score (nSPS) is 12.1. The van der Waals surface area contributed by atoms with Gasteiger partial charge in [0.15, 0.2) is 11.1 Å². The molecule has 0 radical (unpaired) electrons. The largest absolute Gasteiger partial charge is 0.431 e. The van der Waals surface area contributed by atoms with Crippen LogP contribution in [0.15, 0.2) is 57.4 Å². The zero-order valence-electron chi connectivity index (χ0n) is 19.4. The lowest BCUT2D eigenvalue weighted by atomic mass is 10.1. The minimum absolute atomic E-state index is 0.229. The SMILES string of the molecule is N#CC(C#N)=c1nc(-c2cccc(C(F)(F)F)c2)/c(=c2\oc(=C(C#N)C#N)nc2-c2cccc(C(F)(F)F)c2)o1. The Morgan fingerprint density at radius 3 is 1.25 bits per heavy atom. The second-order valence-electron chi connectivity index (χ2n) is 7.75. The zero-order valence-corrected chi connectivity index (χ0v) is 19.4. The molecule has 0 fully saturated rings. The Morgan fingerprint density at radius 2 is 0.950 bits per heavy atom. The van der Waals surface area contributed by atoms with E-state index in [4.69, 9.17) is 8.83 Å². The molecular weight excluding hydrogens is 542 g/mol. The summed E-state index contributed by atoms with van der Waals surface area (Å²) in [6, 6.07) is 13.5. The van der Waals surface area contributed by atoms with Gasteiger partial charge in [0.05, 0.1) is 11.1 Å². The Hall–Kier alpha value is -5.86. The molecule has 14 heteroatoms. The number of benzene rings is 2. The predicted octanol–water partition coefficient (Wildman–Crippen LogP) is 4.72. The molecule has 0 aliphatic heterocycles. The van der Waals surface area contributed by atoms with Crippen LogP contribution in [0.1, 0.15) is 11.1 Å². The molecule has 0 atom stereocenters. The molecule has 0 bridgehead atoms. The third-order valence-electron chi connectivity index (χ3n) is 5.26. The van der Waals surface area contributed by atoms with Gasteiger partial charge in [-0.2, -0.15) is 47.4 Å². The highest BCUT2D eigenvalue weighted by Crippen LogP contribution is 2.34. The van der Waals surface area contributed by atoms with E-state index in [1.807, 2.05) is 0 Å². The van der Waals surface area contributed by atoms with Crippen molar-refractivity contribution in [3.8, 4) is 46.8 Å². The van der Waals surface area contributed by atoms with Crippen molar-refractivity contribution in [1.29, 1.82) is 21.0 Å². The molecule has 2 aromatic carbocycles. The summed E-state index contributed by atoms with van der Waals surface area (Å²) in [6.45, 7) is 0. The molecule has 196 valence electrons. The maximum Gasteiger partial charge on any atom is 0.416 e. The highest BCUT2D eigenvalue weighted by molar-refractivity contribution is 5.72. The number of nitriles is 4. The number of oxazole rings is 2. The van der Waals surface area contributed by atoms with E-state index in [0.29, 0.717) is 12.1 Å². The molecule has 0 saturated heterocycles. The molecule has 40 heavy (non-hydrogen) atoms. The number of halogens is 6. The van der Waals surface area contributed by atoms with Gasteiger partial charge >= 0.3 is 12.4 Å². The summed E-state index contributed by atoms with van der Waals surface area (Å²) < 4.78 is 91.6. The quantitative estimate of drug-likeness (QED) is 0.326. The Labute approximate surface area is 218 Å². The number of hydrogen-bond acceptors (Lipinski definition) is 8. The Kier molecular flexibility index (Phi) is 6.88. The Morgan fingerprint density at radius 1 is 0.600 bits per heavy atom. The van der Waals surface area contributed by atoms with E-state index >= 15 is 0 Å². The van der Waals surface area contributed by atoms with Crippen LogP contribution in [-0.4, -0.2) is 9.97 Å². The van der Waals surface area contributed by atoms with Gasteiger partial charge in [-0.05, 0) is 24.3 Å². The van der Waals surface area contributed by atoms with Crippen LogP contribution in [0.3, 0.4) is 0 Å². The van der Waals surface area contributed by atoms with E-state index in [-0.39, 0.29) is 11.1 Å². The smallest absolute Gasteiger partial charge is 0.416 e. The molecular formula is C26H8F6N6O2. The average molecular weight is 550 g/mol. The predicted molar refractivity (Wildman–Crippen MR) is 120 cm³/mol. The zero-order chi connectivity index (χ0) is 29.2.